The van der Waals surface area contributed by atoms with Crippen LogP contribution in [0.25, 0.3) is 0 Å². The molecule has 1 aromatic carbocycles. The van der Waals surface area contributed by atoms with Gasteiger partial charge in [0.15, 0.2) is 0 Å². The summed E-state index contributed by atoms with van der Waals surface area (Å²) in [6.45, 7) is 1.28. The second-order valence-corrected chi connectivity index (χ2v) is 5.31. The average molecular weight is 303 g/mol. The number of hydrogen-bond donors (Lipinski definition) is 0. The van der Waals surface area contributed by atoms with E-state index in [0.29, 0.717) is 12.2 Å². The van der Waals surface area contributed by atoms with E-state index in [-0.39, 0.29) is 21.7 Å². The molecule has 0 aliphatic carbocycles. The maximum atomic E-state index is 10.9. The predicted octanol–water partition coefficient (Wildman–Crippen LogP) is 3.32. The molecule has 0 aromatic heterocycles. The molecule has 0 amide bonds. The van der Waals surface area contributed by atoms with E-state index in [2.05, 4.69) is 0 Å². The van der Waals surface area contributed by atoms with Crippen LogP contribution in [0.3, 0.4) is 0 Å². The number of nitro benzene ring substituents is 1. The smallest absolute Gasteiger partial charge is 0.272 e. The first-order valence-electron chi connectivity index (χ1n) is 5.86. The monoisotopic (exact) mass is 302 g/mol. The number of halogens is 2. The maximum absolute atomic E-state index is 10.9. The van der Waals surface area contributed by atoms with Gasteiger partial charge in [-0.15, -0.1) is 0 Å². The number of carbonyl (C=O) groups is 1. The first-order chi connectivity index (χ1) is 9.02. The number of non-ortho nitro benzene ring substituents is 1. The van der Waals surface area contributed by atoms with Crippen LogP contribution < -0.4 is 4.90 Å². The average Bonchev–Trinajstić information content (AvgIpc) is 2.38. The van der Waals surface area contributed by atoms with Crippen molar-refractivity contribution in [3.8, 4) is 0 Å². The van der Waals surface area contributed by atoms with Crippen LogP contribution in [-0.4, -0.2) is 24.3 Å². The second-order valence-electron chi connectivity index (χ2n) is 4.50. The van der Waals surface area contributed by atoms with Crippen molar-refractivity contribution in [1.82, 2.24) is 0 Å². The van der Waals surface area contributed by atoms with Crippen molar-refractivity contribution >= 4 is 40.9 Å². The quantitative estimate of drug-likeness (QED) is 0.488. The van der Waals surface area contributed by atoms with Crippen LogP contribution in [0.5, 0.6) is 0 Å². The van der Waals surface area contributed by atoms with Crippen molar-refractivity contribution in [1.29, 1.82) is 0 Å². The molecular formula is C12H12Cl2N2O3. The number of benzene rings is 1. The van der Waals surface area contributed by atoms with Gasteiger partial charge in [-0.05, 0) is 12.8 Å². The zero-order valence-corrected chi connectivity index (χ0v) is 11.5. The summed E-state index contributed by atoms with van der Waals surface area (Å²) >= 11 is 12.2. The molecule has 1 saturated heterocycles. The third kappa shape index (κ3) is 2.98. The van der Waals surface area contributed by atoms with E-state index in [1.807, 2.05) is 4.90 Å². The Morgan fingerprint density at radius 1 is 1.37 bits per heavy atom. The first kappa shape index (κ1) is 14.1. The molecule has 1 unspecified atom stereocenters. The van der Waals surface area contributed by atoms with Gasteiger partial charge in [0.25, 0.3) is 5.69 Å². The van der Waals surface area contributed by atoms with E-state index in [0.717, 1.165) is 25.7 Å². The van der Waals surface area contributed by atoms with Crippen LogP contribution >= 0.6 is 23.2 Å². The number of hydrogen-bond acceptors (Lipinski definition) is 4. The largest absolute Gasteiger partial charge is 0.368 e. The Morgan fingerprint density at radius 3 is 2.53 bits per heavy atom. The molecule has 7 heteroatoms. The molecular weight excluding hydrogens is 291 g/mol. The molecule has 0 bridgehead atoms. The number of anilines is 1. The van der Waals surface area contributed by atoms with Crippen molar-refractivity contribution in [2.45, 2.75) is 12.8 Å². The lowest BCUT2D eigenvalue weighted by atomic mass is 9.99. The van der Waals surface area contributed by atoms with Gasteiger partial charge in [0.1, 0.15) is 6.29 Å². The van der Waals surface area contributed by atoms with Crippen molar-refractivity contribution in [3.05, 3.63) is 32.3 Å². The Balaban J connectivity index is 2.34. The summed E-state index contributed by atoms with van der Waals surface area (Å²) < 4.78 is 0. The summed E-state index contributed by atoms with van der Waals surface area (Å²) in [5, 5.41) is 11.2. The van der Waals surface area contributed by atoms with E-state index < -0.39 is 4.92 Å². The maximum Gasteiger partial charge on any atom is 0.272 e. The number of nitrogens with zero attached hydrogens (tertiary/aromatic N) is 2. The Morgan fingerprint density at radius 2 is 2.00 bits per heavy atom. The molecule has 1 aromatic rings. The third-order valence-electron chi connectivity index (χ3n) is 3.18. The summed E-state index contributed by atoms with van der Waals surface area (Å²) in [7, 11) is 0. The van der Waals surface area contributed by atoms with Gasteiger partial charge in [0.05, 0.1) is 20.7 Å². The van der Waals surface area contributed by atoms with Gasteiger partial charge in [-0.3, -0.25) is 10.1 Å². The van der Waals surface area contributed by atoms with Gasteiger partial charge >= 0.3 is 0 Å². The fraction of sp³-hybridized carbons (Fsp3) is 0.417. The Bertz CT molecular complexity index is 499. The van der Waals surface area contributed by atoms with Gasteiger partial charge in [0, 0.05) is 31.1 Å². The number of piperidine rings is 1. The van der Waals surface area contributed by atoms with Gasteiger partial charge in [-0.2, -0.15) is 0 Å². The molecule has 0 N–H and O–H groups in total. The molecule has 0 saturated carbocycles. The Hall–Kier alpha value is -1.33. The minimum absolute atomic E-state index is 0.0453. The van der Waals surface area contributed by atoms with Gasteiger partial charge in [-0.25, -0.2) is 0 Å². The van der Waals surface area contributed by atoms with E-state index in [1.54, 1.807) is 0 Å². The molecule has 5 nitrogen and oxygen atoms in total. The topological polar surface area (TPSA) is 63.5 Å². The lowest BCUT2D eigenvalue weighted by molar-refractivity contribution is -0.384. The lowest BCUT2D eigenvalue weighted by Gasteiger charge is -2.33. The Labute approximate surface area is 120 Å². The molecule has 102 valence electrons. The minimum Gasteiger partial charge on any atom is -0.368 e. The summed E-state index contributed by atoms with van der Waals surface area (Å²) in [5.41, 5.74) is 0.434. The fourth-order valence-corrected chi connectivity index (χ4v) is 3.00. The molecule has 2 rings (SSSR count). The normalized spacial score (nSPS) is 19.3. The highest BCUT2D eigenvalue weighted by Gasteiger charge is 2.24. The molecule has 19 heavy (non-hydrogen) atoms. The SMILES string of the molecule is O=CC1CCCN(c2c(Cl)cc([N+](=O)[O-])cc2Cl)C1. The van der Waals surface area contributed by atoms with Gasteiger partial charge < -0.3 is 9.69 Å². The molecule has 1 fully saturated rings. The first-order valence-corrected chi connectivity index (χ1v) is 6.62. The molecule has 1 atom stereocenters. The van der Waals surface area contributed by atoms with Crippen LogP contribution in [0, 0.1) is 16.0 Å². The van der Waals surface area contributed by atoms with Crippen LogP contribution in [-0.2, 0) is 4.79 Å². The van der Waals surface area contributed by atoms with Crippen molar-refractivity contribution in [2.75, 3.05) is 18.0 Å². The lowest BCUT2D eigenvalue weighted by Crippen LogP contribution is -2.36. The standard InChI is InChI=1S/C12H12Cl2N2O3/c13-10-4-9(16(18)19)5-11(14)12(10)15-3-1-2-8(6-15)7-17/h4-5,7-8H,1-3,6H2. The number of nitro groups is 1. The molecule has 0 radical (unpaired) electrons. The Kier molecular flexibility index (Phi) is 4.27. The van der Waals surface area contributed by atoms with Crippen LogP contribution in [0.15, 0.2) is 12.1 Å². The molecule has 1 aliphatic heterocycles. The van der Waals surface area contributed by atoms with Crippen LogP contribution in [0.1, 0.15) is 12.8 Å². The van der Waals surface area contributed by atoms with Crippen molar-refractivity contribution in [2.24, 2.45) is 5.92 Å². The summed E-state index contributed by atoms with van der Waals surface area (Å²) in [6, 6.07) is 2.57. The molecule has 0 spiro atoms. The van der Waals surface area contributed by atoms with E-state index in [4.69, 9.17) is 23.2 Å². The zero-order valence-electron chi connectivity index (χ0n) is 10.0. The highest BCUT2D eigenvalue weighted by Crippen LogP contribution is 2.38. The van der Waals surface area contributed by atoms with Crippen LogP contribution in [0.4, 0.5) is 11.4 Å². The minimum atomic E-state index is -0.536. The van der Waals surface area contributed by atoms with Crippen LogP contribution in [0.2, 0.25) is 10.0 Å². The van der Waals surface area contributed by atoms with Crippen molar-refractivity contribution < 1.29 is 9.72 Å². The fourth-order valence-electron chi connectivity index (χ4n) is 2.28. The van der Waals surface area contributed by atoms with Crippen molar-refractivity contribution in [3.63, 3.8) is 0 Å². The number of rotatable bonds is 3. The van der Waals surface area contributed by atoms with Gasteiger partial charge in [0.2, 0.25) is 0 Å². The summed E-state index contributed by atoms with van der Waals surface area (Å²) in [6.07, 6.45) is 2.65. The predicted molar refractivity (Wildman–Crippen MR) is 74.1 cm³/mol. The summed E-state index contributed by atoms with van der Waals surface area (Å²) in [5.74, 6) is -0.0453. The van der Waals surface area contributed by atoms with E-state index >= 15 is 0 Å². The number of aldehydes is 1. The summed E-state index contributed by atoms with van der Waals surface area (Å²) in [4.78, 5) is 23.0. The van der Waals surface area contributed by atoms with Gasteiger partial charge in [-0.1, -0.05) is 23.2 Å². The zero-order chi connectivity index (χ0) is 14.0. The molecule has 1 heterocycles. The van der Waals surface area contributed by atoms with E-state index in [9.17, 15) is 14.9 Å². The molecule has 1 aliphatic rings. The van der Waals surface area contributed by atoms with E-state index in [1.165, 1.54) is 12.1 Å². The number of carbonyl (C=O) groups excluding carboxylic acids is 1. The third-order valence-corrected chi connectivity index (χ3v) is 3.76. The highest BCUT2D eigenvalue weighted by molar-refractivity contribution is 6.39. The highest BCUT2D eigenvalue weighted by atomic mass is 35.5. The second kappa shape index (κ2) is 5.75.